The number of esters is 1. The van der Waals surface area contributed by atoms with Gasteiger partial charge in [-0.3, -0.25) is 4.79 Å². The minimum Gasteiger partial charge on any atom is -0.487 e. The Kier molecular flexibility index (Phi) is 16.7. The summed E-state index contributed by atoms with van der Waals surface area (Å²) in [7, 11) is 0. The molecule has 0 saturated carbocycles. The number of alkyl halides is 5. The van der Waals surface area contributed by atoms with Crippen LogP contribution in [0.15, 0.2) is 73.2 Å². The van der Waals surface area contributed by atoms with E-state index in [1.807, 2.05) is 24.0 Å². The minimum atomic E-state index is -4.44. The summed E-state index contributed by atoms with van der Waals surface area (Å²) in [4.78, 5) is 46.3. The number of carboxylic acids is 1. The fourth-order valence-corrected chi connectivity index (χ4v) is 9.19. The van der Waals surface area contributed by atoms with Gasteiger partial charge in [-0.05, 0) is 85.3 Å². The van der Waals surface area contributed by atoms with E-state index in [0.29, 0.717) is 86.2 Å². The highest BCUT2D eigenvalue weighted by molar-refractivity contribution is 7.22. The van der Waals surface area contributed by atoms with Crippen molar-refractivity contribution < 1.29 is 60.0 Å². The van der Waals surface area contributed by atoms with Gasteiger partial charge in [0, 0.05) is 73.6 Å². The van der Waals surface area contributed by atoms with Crippen LogP contribution in [0.4, 0.5) is 26.3 Å². The number of hydrogen-bond donors (Lipinski definition) is 2. The maximum absolute atomic E-state index is 14.3. The largest absolute Gasteiger partial charge is 0.487 e. The zero-order valence-corrected chi connectivity index (χ0v) is 40.8. The zero-order valence-electron chi connectivity index (χ0n) is 39.2. The van der Waals surface area contributed by atoms with Gasteiger partial charge >= 0.3 is 24.1 Å². The number of nitrogens with zero attached hydrogens (tertiary/aromatic N) is 5. The Hall–Kier alpha value is -6.09. The second-order valence-corrected chi connectivity index (χ2v) is 19.3. The number of carbonyl (C=O) groups excluding carboxylic acids is 1. The average Bonchev–Trinajstić information content (AvgIpc) is 3.68. The predicted molar refractivity (Wildman–Crippen MR) is 255 cm³/mol. The number of halogens is 7. The molecule has 0 bridgehead atoms. The van der Waals surface area contributed by atoms with Gasteiger partial charge in [0.1, 0.15) is 41.5 Å². The molecule has 1 aliphatic heterocycles. The van der Waals surface area contributed by atoms with Gasteiger partial charge in [-0.2, -0.15) is 18.2 Å². The number of fused-ring (bicyclic) bond motifs is 1. The number of aromatic nitrogens is 4. The van der Waals surface area contributed by atoms with Crippen LogP contribution in [0.2, 0.25) is 5.02 Å². The first-order valence-corrected chi connectivity index (χ1v) is 23.8. The lowest BCUT2D eigenvalue weighted by Gasteiger charge is -2.31. The summed E-state index contributed by atoms with van der Waals surface area (Å²) in [5.41, 5.74) is 3.54. The molecule has 1 fully saturated rings. The van der Waals surface area contributed by atoms with Crippen LogP contribution in [-0.4, -0.2) is 98.5 Å². The van der Waals surface area contributed by atoms with Crippen molar-refractivity contribution in [2.24, 2.45) is 0 Å². The van der Waals surface area contributed by atoms with Crippen LogP contribution in [0.25, 0.3) is 31.8 Å². The van der Waals surface area contributed by atoms with Crippen LogP contribution in [0.3, 0.4) is 0 Å². The maximum Gasteiger partial charge on any atom is 0.392 e. The number of nitrogens with one attached hydrogen (secondary N) is 1. The maximum atomic E-state index is 14.3. The molecule has 0 aliphatic carbocycles. The minimum absolute atomic E-state index is 0.0785. The average molecular weight is 1030 g/mol. The molecule has 3 aromatic carbocycles. The molecular formula is C50H51ClF6N6O7S. The van der Waals surface area contributed by atoms with Crippen molar-refractivity contribution in [2.45, 2.75) is 96.8 Å². The van der Waals surface area contributed by atoms with Crippen LogP contribution in [0.1, 0.15) is 68.0 Å². The SMILES string of the molecule is Cc1c(-c2c(-c3ccc(F)cc3)sc3ncnc(OC(Cc4cc(CC(=O)OC(C)(C)C)ccc4OCc4ccnc(OCCC(F)(F)F)n4)C(=O)O)c23)ccc(CNCCN2CCC(F)(F)CC2)c1Cl. The van der Waals surface area contributed by atoms with Crippen LogP contribution in [-0.2, 0) is 40.3 Å². The second-order valence-electron chi connectivity index (χ2n) is 17.9. The van der Waals surface area contributed by atoms with E-state index in [1.165, 1.54) is 42.1 Å². The number of hydrogen-bond acceptors (Lipinski definition) is 13. The molecule has 21 heteroatoms. The van der Waals surface area contributed by atoms with E-state index >= 15 is 0 Å². The molecule has 6 aromatic rings. The number of carboxylic acid groups (broad SMARTS) is 1. The summed E-state index contributed by atoms with van der Waals surface area (Å²) in [5, 5.41) is 15.0. The van der Waals surface area contributed by atoms with Gasteiger partial charge in [-0.25, -0.2) is 32.9 Å². The van der Waals surface area contributed by atoms with Crippen molar-refractivity contribution in [1.29, 1.82) is 0 Å². The van der Waals surface area contributed by atoms with Gasteiger partial charge in [-0.1, -0.05) is 48.0 Å². The van der Waals surface area contributed by atoms with Crippen molar-refractivity contribution in [3.63, 3.8) is 0 Å². The monoisotopic (exact) mass is 1030 g/mol. The molecule has 0 spiro atoms. The summed E-state index contributed by atoms with van der Waals surface area (Å²) in [6, 6.07) is 15.6. The zero-order chi connectivity index (χ0) is 51.1. The first kappa shape index (κ1) is 52.7. The van der Waals surface area contributed by atoms with Crippen LogP contribution in [0.5, 0.6) is 17.6 Å². The fourth-order valence-electron chi connectivity index (χ4n) is 7.81. The molecule has 1 saturated heterocycles. The highest BCUT2D eigenvalue weighted by Gasteiger charge is 2.34. The van der Waals surface area contributed by atoms with Gasteiger partial charge in [0.2, 0.25) is 12.0 Å². The third-order valence-corrected chi connectivity index (χ3v) is 13.0. The Morgan fingerprint density at radius 3 is 2.42 bits per heavy atom. The highest BCUT2D eigenvalue weighted by Crippen LogP contribution is 2.49. The Morgan fingerprint density at radius 2 is 1.72 bits per heavy atom. The molecular weight excluding hydrogens is 978 g/mol. The summed E-state index contributed by atoms with van der Waals surface area (Å²) >= 11 is 8.35. The van der Waals surface area contributed by atoms with E-state index in [0.717, 1.165) is 5.56 Å². The van der Waals surface area contributed by atoms with Crippen molar-refractivity contribution in [1.82, 2.24) is 30.2 Å². The molecule has 1 atom stereocenters. The number of carbonyl (C=O) groups is 2. The van der Waals surface area contributed by atoms with Crippen molar-refractivity contribution in [3.05, 3.63) is 112 Å². The van der Waals surface area contributed by atoms with Gasteiger partial charge in [0.05, 0.1) is 23.9 Å². The number of aliphatic carboxylic acids is 1. The molecule has 378 valence electrons. The van der Waals surface area contributed by atoms with E-state index in [1.54, 1.807) is 51.1 Å². The molecule has 13 nitrogen and oxygen atoms in total. The van der Waals surface area contributed by atoms with Crippen LogP contribution >= 0.6 is 22.9 Å². The van der Waals surface area contributed by atoms with E-state index in [4.69, 9.17) is 30.5 Å². The topological polar surface area (TPSA) is 158 Å². The summed E-state index contributed by atoms with van der Waals surface area (Å²) in [6.07, 6.45) is -5.55. The summed E-state index contributed by atoms with van der Waals surface area (Å²) < 4.78 is 103. The van der Waals surface area contributed by atoms with Gasteiger partial charge < -0.3 is 34.3 Å². The number of benzene rings is 3. The van der Waals surface area contributed by atoms with Crippen molar-refractivity contribution in [2.75, 3.05) is 32.8 Å². The van der Waals surface area contributed by atoms with E-state index < -0.39 is 54.6 Å². The molecule has 4 heterocycles. The predicted octanol–water partition coefficient (Wildman–Crippen LogP) is 10.6. The number of rotatable bonds is 20. The lowest BCUT2D eigenvalue weighted by atomic mass is 9.94. The number of piperidine rings is 1. The van der Waals surface area contributed by atoms with Crippen LogP contribution < -0.4 is 19.5 Å². The third-order valence-electron chi connectivity index (χ3n) is 11.3. The van der Waals surface area contributed by atoms with Gasteiger partial charge in [0.15, 0.2) is 0 Å². The first-order chi connectivity index (χ1) is 33.6. The number of likely N-dealkylation sites (tertiary alicyclic amines) is 1. The van der Waals surface area contributed by atoms with Gasteiger partial charge in [0.25, 0.3) is 5.92 Å². The quantitative estimate of drug-likeness (QED) is 0.0423. The Labute approximate surface area is 414 Å². The second kappa shape index (κ2) is 22.5. The van der Waals surface area contributed by atoms with Gasteiger partial charge in [-0.15, -0.1) is 11.3 Å². The molecule has 3 aromatic heterocycles. The Bertz CT molecular complexity index is 2840. The van der Waals surface area contributed by atoms with E-state index in [9.17, 15) is 41.0 Å². The molecule has 2 N–H and O–H groups in total. The molecule has 7 rings (SSSR count). The molecule has 1 aliphatic rings. The summed E-state index contributed by atoms with van der Waals surface area (Å²) in [6.45, 7) is 8.27. The van der Waals surface area contributed by atoms with Crippen LogP contribution in [0, 0.1) is 12.7 Å². The number of thiophene rings is 1. The smallest absolute Gasteiger partial charge is 0.392 e. The lowest BCUT2D eigenvalue weighted by molar-refractivity contribution is -0.154. The lowest BCUT2D eigenvalue weighted by Crippen LogP contribution is -2.42. The first-order valence-electron chi connectivity index (χ1n) is 22.6. The third kappa shape index (κ3) is 14.5. The Balaban J connectivity index is 1.19. The summed E-state index contributed by atoms with van der Waals surface area (Å²) in [5.74, 6) is -4.88. The molecule has 0 amide bonds. The number of ether oxygens (including phenoxy) is 4. The fraction of sp³-hybridized carbons (Fsp3) is 0.400. The standard InChI is InChI=1S/C50H51ClF6N6O7S/c1-29-36(11-8-32(42(29)51)26-58-18-21-63-19-14-49(53,54)15-20-63)40-41-44(60-28-61-45(41)71-43(40)31-6-9-34(52)10-7-31)69-38(46(65)66)25-33-23-30(24-39(64)70-48(2,3)4)5-12-37(33)68-27-35-13-17-59-47(62-35)67-22-16-50(55,56)57/h5-13,17,23,28,38,58H,14-16,18-22,24-27H2,1-4H3,(H,65,66). The van der Waals surface area contributed by atoms with Crippen molar-refractivity contribution >= 4 is 45.1 Å². The van der Waals surface area contributed by atoms with E-state index in [-0.39, 0.29) is 55.6 Å². The molecule has 0 radical (unpaired) electrons. The highest BCUT2D eigenvalue weighted by atomic mass is 35.5. The van der Waals surface area contributed by atoms with E-state index in [2.05, 4.69) is 25.3 Å². The Morgan fingerprint density at radius 1 is 0.972 bits per heavy atom. The molecule has 1 unspecified atom stereocenters. The normalized spacial score (nSPS) is 14.6. The van der Waals surface area contributed by atoms with Crippen molar-refractivity contribution in [3.8, 4) is 39.2 Å². The molecule has 71 heavy (non-hydrogen) atoms.